The second-order valence-corrected chi connectivity index (χ2v) is 4.53. The minimum atomic E-state index is -0.252. The molecule has 3 rings (SSSR count). The monoisotopic (exact) mass is 232 g/mol. The summed E-state index contributed by atoms with van der Waals surface area (Å²) >= 11 is 0. The largest absolute Gasteiger partial charge is 0.448 e. The number of rotatable bonds is 3. The van der Waals surface area contributed by atoms with Crippen molar-refractivity contribution < 1.29 is 8.81 Å². The average molecular weight is 232 g/mol. The van der Waals surface area contributed by atoms with Crippen LogP contribution in [0.15, 0.2) is 34.9 Å². The highest BCUT2D eigenvalue weighted by Gasteiger charge is 2.47. The lowest BCUT2D eigenvalue weighted by Crippen LogP contribution is -2.19. The summed E-state index contributed by atoms with van der Waals surface area (Å²) in [6.45, 7) is 0.566. The number of aromatic nitrogens is 1. The fourth-order valence-corrected chi connectivity index (χ4v) is 1.93. The molecule has 88 valence electrons. The second kappa shape index (κ2) is 3.67. The molecule has 1 heterocycles. The van der Waals surface area contributed by atoms with Crippen molar-refractivity contribution >= 4 is 0 Å². The maximum atomic E-state index is 12.8. The summed E-state index contributed by atoms with van der Waals surface area (Å²) < 4.78 is 18.3. The molecule has 1 saturated carbocycles. The molecule has 0 bridgehead atoms. The van der Waals surface area contributed by atoms with Crippen LogP contribution in [-0.4, -0.2) is 11.5 Å². The van der Waals surface area contributed by atoms with E-state index in [4.69, 9.17) is 10.2 Å². The van der Waals surface area contributed by atoms with Crippen molar-refractivity contribution in [2.45, 2.75) is 18.3 Å². The Hall–Kier alpha value is -1.68. The van der Waals surface area contributed by atoms with Gasteiger partial charge >= 0.3 is 0 Å². The molecule has 0 radical (unpaired) electrons. The molecule has 2 N–H and O–H groups in total. The van der Waals surface area contributed by atoms with Crippen LogP contribution in [0.2, 0.25) is 0 Å². The average Bonchev–Trinajstić information content (AvgIpc) is 3.00. The Morgan fingerprint density at radius 1 is 1.29 bits per heavy atom. The zero-order valence-electron chi connectivity index (χ0n) is 9.32. The number of hydrogen-bond acceptors (Lipinski definition) is 3. The van der Waals surface area contributed by atoms with Crippen molar-refractivity contribution in [2.24, 2.45) is 5.73 Å². The van der Waals surface area contributed by atoms with Crippen LogP contribution >= 0.6 is 0 Å². The van der Waals surface area contributed by atoms with Crippen LogP contribution in [0.3, 0.4) is 0 Å². The number of hydrogen-bond donors (Lipinski definition) is 1. The van der Waals surface area contributed by atoms with Crippen molar-refractivity contribution in [3.05, 3.63) is 42.2 Å². The van der Waals surface area contributed by atoms with Crippen LogP contribution < -0.4 is 5.73 Å². The summed E-state index contributed by atoms with van der Waals surface area (Å²) in [5.41, 5.74) is 7.27. The third-order valence-corrected chi connectivity index (χ3v) is 3.34. The molecule has 0 atom stereocenters. The number of halogens is 1. The molecule has 1 aliphatic carbocycles. The summed E-state index contributed by atoms with van der Waals surface area (Å²) in [4.78, 5) is 4.45. The predicted octanol–water partition coefficient (Wildman–Crippen LogP) is 2.47. The third-order valence-electron chi connectivity index (χ3n) is 3.34. The Kier molecular flexibility index (Phi) is 2.26. The van der Waals surface area contributed by atoms with Crippen molar-refractivity contribution in [3.8, 4) is 11.3 Å². The molecule has 0 aliphatic heterocycles. The first-order valence-corrected chi connectivity index (χ1v) is 5.65. The Bertz CT molecular complexity index is 529. The second-order valence-electron chi connectivity index (χ2n) is 4.53. The normalized spacial score (nSPS) is 17.1. The minimum absolute atomic E-state index is 0.0434. The van der Waals surface area contributed by atoms with E-state index in [1.54, 1.807) is 18.4 Å². The van der Waals surface area contributed by atoms with Gasteiger partial charge in [-0.3, -0.25) is 0 Å². The first kappa shape index (κ1) is 10.5. The molecular formula is C13H13FN2O. The first-order chi connectivity index (χ1) is 8.23. The molecule has 1 aliphatic rings. The van der Waals surface area contributed by atoms with Gasteiger partial charge in [-0.25, -0.2) is 9.37 Å². The van der Waals surface area contributed by atoms with E-state index in [1.165, 1.54) is 12.1 Å². The fraction of sp³-hybridized carbons (Fsp3) is 0.308. The zero-order valence-corrected chi connectivity index (χ0v) is 9.32. The van der Waals surface area contributed by atoms with Gasteiger partial charge in [-0.2, -0.15) is 0 Å². The Morgan fingerprint density at radius 3 is 2.59 bits per heavy atom. The van der Waals surface area contributed by atoms with Gasteiger partial charge in [0.05, 0.1) is 5.41 Å². The van der Waals surface area contributed by atoms with Crippen molar-refractivity contribution in [1.29, 1.82) is 0 Å². The topological polar surface area (TPSA) is 52.0 Å². The number of oxazole rings is 1. The Morgan fingerprint density at radius 2 is 2.00 bits per heavy atom. The van der Waals surface area contributed by atoms with Gasteiger partial charge in [-0.1, -0.05) is 0 Å². The maximum absolute atomic E-state index is 12.8. The number of nitrogens with zero attached hydrogens (tertiary/aromatic N) is 1. The lowest BCUT2D eigenvalue weighted by atomic mass is 10.1. The van der Waals surface area contributed by atoms with Crippen LogP contribution in [0.4, 0.5) is 4.39 Å². The summed E-state index contributed by atoms with van der Waals surface area (Å²) in [7, 11) is 0. The highest BCUT2D eigenvalue weighted by molar-refractivity contribution is 5.57. The number of benzene rings is 1. The standard InChI is InChI=1S/C13H13FN2O/c14-10-3-1-9(2-4-10)11-7-17-12(16-11)13(8-15)5-6-13/h1-4,7H,5-6,8,15H2. The molecule has 3 nitrogen and oxygen atoms in total. The summed E-state index contributed by atoms with van der Waals surface area (Å²) in [5.74, 6) is 0.456. The quantitative estimate of drug-likeness (QED) is 0.884. The van der Waals surface area contributed by atoms with Crippen molar-refractivity contribution in [1.82, 2.24) is 4.98 Å². The molecule has 0 unspecified atom stereocenters. The van der Waals surface area contributed by atoms with Gasteiger partial charge in [0.15, 0.2) is 0 Å². The predicted molar refractivity (Wildman–Crippen MR) is 61.9 cm³/mol. The van der Waals surface area contributed by atoms with Gasteiger partial charge in [0.25, 0.3) is 0 Å². The Labute approximate surface area is 98.5 Å². The molecule has 17 heavy (non-hydrogen) atoms. The van der Waals surface area contributed by atoms with Gasteiger partial charge in [-0.15, -0.1) is 0 Å². The number of nitrogens with two attached hydrogens (primary N) is 1. The molecule has 0 spiro atoms. The first-order valence-electron chi connectivity index (χ1n) is 5.65. The minimum Gasteiger partial charge on any atom is -0.448 e. The van der Waals surface area contributed by atoms with E-state index >= 15 is 0 Å². The lowest BCUT2D eigenvalue weighted by molar-refractivity contribution is 0.437. The third kappa shape index (κ3) is 1.74. The summed E-state index contributed by atoms with van der Waals surface area (Å²) in [6, 6.07) is 6.22. The van der Waals surface area contributed by atoms with E-state index < -0.39 is 0 Å². The molecule has 2 aromatic rings. The van der Waals surface area contributed by atoms with Gasteiger partial charge in [0, 0.05) is 12.1 Å². The molecular weight excluding hydrogens is 219 g/mol. The Balaban J connectivity index is 1.92. The molecule has 1 fully saturated rings. The van der Waals surface area contributed by atoms with Gasteiger partial charge in [0.1, 0.15) is 17.8 Å². The van der Waals surface area contributed by atoms with Crippen LogP contribution in [0.1, 0.15) is 18.7 Å². The fourth-order valence-electron chi connectivity index (χ4n) is 1.93. The van der Waals surface area contributed by atoms with E-state index in [-0.39, 0.29) is 11.2 Å². The van der Waals surface area contributed by atoms with Gasteiger partial charge in [-0.05, 0) is 37.1 Å². The van der Waals surface area contributed by atoms with E-state index in [2.05, 4.69) is 4.98 Å². The van der Waals surface area contributed by atoms with E-state index in [9.17, 15) is 4.39 Å². The van der Waals surface area contributed by atoms with E-state index in [0.717, 1.165) is 24.1 Å². The van der Waals surface area contributed by atoms with Gasteiger partial charge < -0.3 is 10.2 Å². The van der Waals surface area contributed by atoms with E-state index in [1.807, 2.05) is 0 Å². The van der Waals surface area contributed by atoms with Crippen LogP contribution in [0.5, 0.6) is 0 Å². The smallest absolute Gasteiger partial charge is 0.202 e. The highest BCUT2D eigenvalue weighted by atomic mass is 19.1. The molecule has 1 aromatic heterocycles. The SMILES string of the molecule is NCC1(c2nc(-c3ccc(F)cc3)co2)CC1. The van der Waals surface area contributed by atoms with Crippen LogP contribution in [-0.2, 0) is 5.41 Å². The maximum Gasteiger partial charge on any atom is 0.202 e. The molecule has 0 amide bonds. The molecule has 4 heteroatoms. The lowest BCUT2D eigenvalue weighted by Gasteiger charge is -2.05. The zero-order chi connectivity index (χ0) is 11.9. The van der Waals surface area contributed by atoms with Crippen LogP contribution in [0.25, 0.3) is 11.3 Å². The van der Waals surface area contributed by atoms with Crippen molar-refractivity contribution in [3.63, 3.8) is 0 Å². The molecule has 1 aromatic carbocycles. The summed E-state index contributed by atoms with van der Waals surface area (Å²) in [6.07, 6.45) is 3.68. The van der Waals surface area contributed by atoms with Crippen LogP contribution in [0, 0.1) is 5.82 Å². The van der Waals surface area contributed by atoms with Crippen molar-refractivity contribution in [2.75, 3.05) is 6.54 Å². The highest BCUT2D eigenvalue weighted by Crippen LogP contribution is 2.47. The van der Waals surface area contributed by atoms with Gasteiger partial charge in [0.2, 0.25) is 5.89 Å². The summed E-state index contributed by atoms with van der Waals surface area (Å²) in [5, 5.41) is 0. The molecule has 0 saturated heterocycles. The van der Waals surface area contributed by atoms with E-state index in [0.29, 0.717) is 12.4 Å².